The lowest BCUT2D eigenvalue weighted by molar-refractivity contribution is 0.0689. The molecule has 65 heavy (non-hydrogen) atoms. The molecule has 0 fully saturated rings. The van der Waals surface area contributed by atoms with Gasteiger partial charge in [0.05, 0.1) is 49.5 Å². The van der Waals surface area contributed by atoms with Crippen LogP contribution >= 0.6 is 0 Å². The lowest BCUT2D eigenvalue weighted by Gasteiger charge is -2.13. The van der Waals surface area contributed by atoms with Gasteiger partial charge in [-0.1, -0.05) is 17.7 Å². The molecule has 0 radical (unpaired) electrons. The molecule has 0 aliphatic heterocycles. The third-order valence-corrected chi connectivity index (χ3v) is 10.3. The number of rotatable bonds is 11. The van der Waals surface area contributed by atoms with Crippen molar-refractivity contribution in [3.05, 3.63) is 191 Å². The molecular weight excluding hydrogens is 839 g/mol. The van der Waals surface area contributed by atoms with Crippen LogP contribution in [0.25, 0.3) is 27.2 Å². The van der Waals surface area contributed by atoms with Crippen molar-refractivity contribution >= 4 is 56.7 Å². The number of benzene rings is 6. The van der Waals surface area contributed by atoms with E-state index < -0.39 is 57.1 Å². The molecule has 17 heteroatoms. The number of carboxylic acids is 2. The SMILES string of the molecule is CNC(=O)c1cc(C(=O)Nc2ccc(Oc3ccc(NC)cc3)cc2)c(C(=O)O)cc1C(=O)O.Cc1ccc(Oc2ccc(-n3c(=O)c4cc5c(=O)n(C)c(=O)c5cc4c3=O)cc2)cc1. The summed E-state index contributed by atoms with van der Waals surface area (Å²) in [5.41, 5.74) is -1.06. The highest BCUT2D eigenvalue weighted by Gasteiger charge is 2.26. The third kappa shape index (κ3) is 8.96. The minimum Gasteiger partial charge on any atom is -0.478 e. The summed E-state index contributed by atoms with van der Waals surface area (Å²) >= 11 is 0. The lowest BCUT2D eigenvalue weighted by atomic mass is 9.97. The molecule has 17 nitrogen and oxygen atoms in total. The number of anilines is 2. The van der Waals surface area contributed by atoms with Gasteiger partial charge in [-0.25, -0.2) is 14.2 Å². The molecule has 0 spiro atoms. The smallest absolute Gasteiger partial charge is 0.336 e. The maximum absolute atomic E-state index is 12.9. The number of nitrogens with one attached hydrogen (secondary N) is 3. The van der Waals surface area contributed by atoms with Gasteiger partial charge >= 0.3 is 11.9 Å². The molecule has 0 saturated carbocycles. The first-order valence-corrected chi connectivity index (χ1v) is 19.6. The summed E-state index contributed by atoms with van der Waals surface area (Å²) in [5, 5.41) is 27.2. The van der Waals surface area contributed by atoms with Crippen LogP contribution in [0.3, 0.4) is 0 Å². The predicted octanol–water partition coefficient (Wildman–Crippen LogP) is 6.07. The molecule has 0 aliphatic carbocycles. The first-order chi connectivity index (χ1) is 31.1. The summed E-state index contributed by atoms with van der Waals surface area (Å²) in [6.45, 7) is 1.99. The topological polar surface area (TPSA) is 241 Å². The van der Waals surface area contributed by atoms with E-state index in [-0.39, 0.29) is 32.7 Å². The zero-order valence-corrected chi connectivity index (χ0v) is 34.9. The predicted molar refractivity (Wildman–Crippen MR) is 243 cm³/mol. The van der Waals surface area contributed by atoms with E-state index in [4.69, 9.17) is 9.47 Å². The summed E-state index contributed by atoms with van der Waals surface area (Å²) in [6.07, 6.45) is 0. The molecule has 8 aromatic rings. The molecule has 0 atom stereocenters. The van der Waals surface area contributed by atoms with E-state index in [0.717, 1.165) is 32.5 Å². The summed E-state index contributed by atoms with van der Waals surface area (Å²) in [4.78, 5) is 98.5. The van der Waals surface area contributed by atoms with Gasteiger partial charge in [0.2, 0.25) is 0 Å². The number of amides is 2. The minimum absolute atomic E-state index is 0.111. The van der Waals surface area contributed by atoms with Crippen molar-refractivity contribution in [1.29, 1.82) is 0 Å². The Kier molecular flexibility index (Phi) is 12.2. The van der Waals surface area contributed by atoms with Crippen molar-refractivity contribution in [3.8, 4) is 28.7 Å². The average molecular weight is 876 g/mol. The molecule has 0 unspecified atom stereocenters. The Morgan fingerprint density at radius 2 is 0.877 bits per heavy atom. The summed E-state index contributed by atoms with van der Waals surface area (Å²) in [7, 11) is 4.46. The number of carbonyl (C=O) groups excluding carboxylic acids is 2. The number of hydrogen-bond acceptors (Lipinski definition) is 11. The molecule has 8 rings (SSSR count). The maximum atomic E-state index is 12.9. The van der Waals surface area contributed by atoms with Gasteiger partial charge in [-0.05, 0) is 116 Å². The van der Waals surface area contributed by atoms with Crippen molar-refractivity contribution in [1.82, 2.24) is 14.5 Å². The van der Waals surface area contributed by atoms with Crippen LogP contribution in [-0.2, 0) is 7.05 Å². The number of fused-ring (bicyclic) bond motifs is 2. The number of aromatic carboxylic acids is 2. The summed E-state index contributed by atoms with van der Waals surface area (Å²) < 4.78 is 13.5. The van der Waals surface area contributed by atoms with E-state index in [1.54, 1.807) is 60.7 Å². The van der Waals surface area contributed by atoms with Gasteiger partial charge in [-0.2, -0.15) is 0 Å². The highest BCUT2D eigenvalue weighted by Crippen LogP contribution is 2.27. The van der Waals surface area contributed by atoms with Crippen LogP contribution in [0.5, 0.6) is 23.0 Å². The molecule has 326 valence electrons. The van der Waals surface area contributed by atoms with Crippen LogP contribution in [0.2, 0.25) is 0 Å². The zero-order chi connectivity index (χ0) is 46.7. The lowest BCUT2D eigenvalue weighted by Crippen LogP contribution is -2.24. The second kappa shape index (κ2) is 18.1. The Hall–Kier alpha value is -9.12. The molecule has 5 N–H and O–H groups in total. The van der Waals surface area contributed by atoms with E-state index in [0.29, 0.717) is 34.4 Å². The minimum atomic E-state index is -1.51. The van der Waals surface area contributed by atoms with Crippen LogP contribution < -0.4 is 47.7 Å². The molecule has 0 aliphatic rings. The number of ether oxygens (including phenoxy) is 2. The van der Waals surface area contributed by atoms with Crippen LogP contribution in [0, 0.1) is 6.92 Å². The van der Waals surface area contributed by atoms with Crippen molar-refractivity contribution in [2.75, 3.05) is 24.7 Å². The molecule has 6 aromatic carbocycles. The third-order valence-electron chi connectivity index (χ3n) is 10.3. The average Bonchev–Trinajstić information content (AvgIpc) is 3.68. The quantitative estimate of drug-likeness (QED) is 0.0993. The second-order valence-electron chi connectivity index (χ2n) is 14.5. The Morgan fingerprint density at radius 1 is 0.492 bits per heavy atom. The molecule has 2 heterocycles. The molecular formula is C48H37N5O12. The molecule has 0 bridgehead atoms. The maximum Gasteiger partial charge on any atom is 0.336 e. The van der Waals surface area contributed by atoms with E-state index in [9.17, 15) is 48.6 Å². The first-order valence-electron chi connectivity index (χ1n) is 19.6. The summed E-state index contributed by atoms with van der Waals surface area (Å²) in [5.74, 6) is -2.25. The molecule has 2 amide bonds. The van der Waals surface area contributed by atoms with Crippen molar-refractivity contribution in [2.45, 2.75) is 6.92 Å². The van der Waals surface area contributed by atoms with Crippen molar-refractivity contribution in [2.24, 2.45) is 7.05 Å². The van der Waals surface area contributed by atoms with Crippen molar-refractivity contribution < 1.29 is 38.9 Å². The van der Waals surface area contributed by atoms with Crippen LogP contribution in [-0.4, -0.2) is 57.2 Å². The fraction of sp³-hybridized carbons (Fsp3) is 0.0833. The number of aromatic nitrogens is 2. The molecule has 0 saturated heterocycles. The first kappa shape index (κ1) is 44.0. The number of carbonyl (C=O) groups is 4. The highest BCUT2D eigenvalue weighted by atomic mass is 16.5. The van der Waals surface area contributed by atoms with Gasteiger partial charge in [-0.3, -0.25) is 33.3 Å². The van der Waals surface area contributed by atoms with Gasteiger partial charge in [0, 0.05) is 32.5 Å². The Balaban J connectivity index is 0.000000194. The van der Waals surface area contributed by atoms with E-state index in [2.05, 4.69) is 16.0 Å². The van der Waals surface area contributed by atoms with E-state index >= 15 is 0 Å². The van der Waals surface area contributed by atoms with Crippen LogP contribution in [0.1, 0.15) is 47.0 Å². The van der Waals surface area contributed by atoms with Gasteiger partial charge in [0.15, 0.2) is 0 Å². The highest BCUT2D eigenvalue weighted by molar-refractivity contribution is 6.15. The van der Waals surface area contributed by atoms with Crippen molar-refractivity contribution in [3.63, 3.8) is 0 Å². The Bertz CT molecular complexity index is 3310. The van der Waals surface area contributed by atoms with Gasteiger partial charge in [0.25, 0.3) is 34.1 Å². The van der Waals surface area contributed by atoms with Gasteiger partial charge < -0.3 is 35.6 Å². The van der Waals surface area contributed by atoms with E-state index in [1.807, 2.05) is 50.4 Å². The monoisotopic (exact) mass is 875 g/mol. The fourth-order valence-electron chi connectivity index (χ4n) is 6.83. The number of carboxylic acid groups (broad SMARTS) is 2. The van der Waals surface area contributed by atoms with Crippen LogP contribution in [0.15, 0.2) is 141 Å². The largest absolute Gasteiger partial charge is 0.478 e. The van der Waals surface area contributed by atoms with E-state index in [1.165, 1.54) is 26.2 Å². The summed E-state index contributed by atoms with van der Waals surface area (Å²) in [6, 6.07) is 32.2. The normalized spacial score (nSPS) is 10.8. The number of hydrogen-bond donors (Lipinski definition) is 5. The Morgan fingerprint density at radius 3 is 1.31 bits per heavy atom. The zero-order valence-electron chi connectivity index (χ0n) is 34.9. The van der Waals surface area contributed by atoms with Gasteiger partial charge in [0.1, 0.15) is 23.0 Å². The number of aryl methyl sites for hydroxylation is 1. The van der Waals surface area contributed by atoms with Crippen LogP contribution in [0.4, 0.5) is 11.4 Å². The molecule has 2 aromatic heterocycles. The number of nitrogens with zero attached hydrogens (tertiary/aromatic N) is 2. The standard InChI is InChI=1S/C24H21N3O7.C24H16N2O5/c1-25-13-3-7-15(8-4-13)34-16-9-5-14(6-10-16)27-22(29)18-11-17(21(28)26-2)19(23(30)31)12-20(18)24(32)33;1-13-3-7-15(8-4-13)31-16-9-5-14(6-10-16)26-23(29)19-11-17-18(12-20(19)24(26)30)22(28)25(2)21(17)27/h3-12,25H,1-2H3,(H,26,28)(H,27,29)(H,30,31)(H,32,33);3-12H,1-2H3. The fourth-order valence-corrected chi connectivity index (χ4v) is 6.83. The second-order valence-corrected chi connectivity index (χ2v) is 14.5. The van der Waals surface area contributed by atoms with Gasteiger partial charge in [-0.15, -0.1) is 0 Å². The Labute approximate surface area is 367 Å².